The smallest absolute Gasteiger partial charge is 0.0524 e. The van der Waals surface area contributed by atoms with Crippen LogP contribution in [0, 0.1) is 0 Å². The van der Waals surface area contributed by atoms with Crippen LogP contribution in [0.1, 0.15) is 45.2 Å². The molecule has 0 saturated heterocycles. The van der Waals surface area contributed by atoms with Gasteiger partial charge >= 0.3 is 0 Å². The molecule has 96 valence electrons. The molecule has 1 aromatic rings. The number of aliphatic hydroxyl groups is 1. The third-order valence-electron chi connectivity index (χ3n) is 2.89. The van der Waals surface area contributed by atoms with E-state index in [0.29, 0.717) is 0 Å². The summed E-state index contributed by atoms with van der Waals surface area (Å²) in [7, 11) is 0. The first-order chi connectivity index (χ1) is 7.89. The van der Waals surface area contributed by atoms with Gasteiger partial charge in [0.25, 0.3) is 0 Å². The van der Waals surface area contributed by atoms with E-state index < -0.39 is 0 Å². The summed E-state index contributed by atoms with van der Waals surface area (Å²) < 4.78 is 0. The summed E-state index contributed by atoms with van der Waals surface area (Å²) in [5.41, 5.74) is 2.88. The highest BCUT2D eigenvalue weighted by Crippen LogP contribution is 2.22. The molecular weight excluding hydrogens is 210 g/mol. The Labute approximate surface area is 105 Å². The van der Waals surface area contributed by atoms with Crippen LogP contribution < -0.4 is 5.32 Å². The lowest BCUT2D eigenvalue weighted by Crippen LogP contribution is -2.18. The molecule has 1 rings (SSSR count). The van der Waals surface area contributed by atoms with E-state index >= 15 is 0 Å². The Bertz CT molecular complexity index is 322. The maximum absolute atomic E-state index is 9.14. The molecule has 0 fully saturated rings. The van der Waals surface area contributed by atoms with Crippen molar-refractivity contribution in [1.29, 1.82) is 0 Å². The van der Waals surface area contributed by atoms with Crippen molar-refractivity contribution in [2.45, 2.75) is 52.2 Å². The zero-order valence-electron chi connectivity index (χ0n) is 11.5. The third kappa shape index (κ3) is 5.33. The molecule has 0 aromatic heterocycles. The molecule has 0 spiro atoms. The van der Waals surface area contributed by atoms with E-state index in [4.69, 9.17) is 5.11 Å². The predicted molar refractivity (Wildman–Crippen MR) is 73.1 cm³/mol. The van der Waals surface area contributed by atoms with Gasteiger partial charge in [-0.1, -0.05) is 45.0 Å². The summed E-state index contributed by atoms with van der Waals surface area (Å²) in [6.45, 7) is 10.2. The molecule has 0 aliphatic heterocycles. The van der Waals surface area contributed by atoms with Crippen LogP contribution in [-0.4, -0.2) is 17.8 Å². The van der Waals surface area contributed by atoms with Gasteiger partial charge in [0.2, 0.25) is 0 Å². The minimum atomic E-state index is -0.217. The monoisotopic (exact) mass is 235 g/mol. The lowest BCUT2D eigenvalue weighted by molar-refractivity contribution is 0.183. The molecule has 17 heavy (non-hydrogen) atoms. The van der Waals surface area contributed by atoms with Gasteiger partial charge in [0.15, 0.2) is 0 Å². The average Bonchev–Trinajstić information content (AvgIpc) is 2.23. The Hall–Kier alpha value is -0.860. The highest BCUT2D eigenvalue weighted by Gasteiger charge is 2.12. The minimum Gasteiger partial charge on any atom is -0.393 e. The Morgan fingerprint density at radius 3 is 2.24 bits per heavy atom. The van der Waals surface area contributed by atoms with Crippen LogP contribution in [0.5, 0.6) is 0 Å². The Morgan fingerprint density at radius 1 is 1.18 bits per heavy atom. The van der Waals surface area contributed by atoms with E-state index in [1.807, 2.05) is 6.92 Å². The molecule has 0 amide bonds. The SMILES string of the molecule is CC(O)CCNCc1ccc(C(C)(C)C)cc1. The van der Waals surface area contributed by atoms with Gasteiger partial charge in [0.1, 0.15) is 0 Å². The molecule has 0 saturated carbocycles. The molecule has 0 bridgehead atoms. The number of benzene rings is 1. The number of hydrogen-bond acceptors (Lipinski definition) is 2. The highest BCUT2D eigenvalue weighted by atomic mass is 16.3. The maximum atomic E-state index is 9.14. The standard InChI is InChI=1S/C15H25NO/c1-12(17)9-10-16-11-13-5-7-14(8-6-13)15(2,3)4/h5-8,12,16-17H,9-11H2,1-4H3. The van der Waals surface area contributed by atoms with Gasteiger partial charge in [0, 0.05) is 6.54 Å². The first-order valence-corrected chi connectivity index (χ1v) is 6.38. The topological polar surface area (TPSA) is 32.3 Å². The molecular formula is C15H25NO. The van der Waals surface area contributed by atoms with Crippen LogP contribution in [-0.2, 0) is 12.0 Å². The second kappa shape index (κ2) is 6.18. The molecule has 1 unspecified atom stereocenters. The minimum absolute atomic E-state index is 0.217. The molecule has 0 radical (unpaired) electrons. The lowest BCUT2D eigenvalue weighted by Gasteiger charge is -2.19. The fraction of sp³-hybridized carbons (Fsp3) is 0.600. The van der Waals surface area contributed by atoms with Crippen molar-refractivity contribution < 1.29 is 5.11 Å². The number of nitrogens with one attached hydrogen (secondary N) is 1. The molecule has 1 aromatic carbocycles. The molecule has 0 aliphatic rings. The lowest BCUT2D eigenvalue weighted by atomic mass is 9.87. The van der Waals surface area contributed by atoms with E-state index in [1.54, 1.807) is 0 Å². The van der Waals surface area contributed by atoms with Crippen molar-refractivity contribution in [1.82, 2.24) is 5.32 Å². The van der Waals surface area contributed by atoms with Gasteiger partial charge < -0.3 is 10.4 Å². The molecule has 0 aliphatic carbocycles. The first kappa shape index (κ1) is 14.2. The van der Waals surface area contributed by atoms with Crippen molar-refractivity contribution in [2.24, 2.45) is 0 Å². The zero-order chi connectivity index (χ0) is 12.9. The summed E-state index contributed by atoms with van der Waals surface area (Å²) in [4.78, 5) is 0. The van der Waals surface area contributed by atoms with Crippen molar-refractivity contribution in [3.63, 3.8) is 0 Å². The summed E-state index contributed by atoms with van der Waals surface area (Å²) in [6.07, 6.45) is 0.589. The van der Waals surface area contributed by atoms with Gasteiger partial charge in [0.05, 0.1) is 6.10 Å². The largest absolute Gasteiger partial charge is 0.393 e. The number of rotatable bonds is 5. The average molecular weight is 235 g/mol. The van der Waals surface area contributed by atoms with E-state index in [9.17, 15) is 0 Å². The van der Waals surface area contributed by atoms with Gasteiger partial charge in [-0.15, -0.1) is 0 Å². The highest BCUT2D eigenvalue weighted by molar-refractivity contribution is 5.27. The van der Waals surface area contributed by atoms with Crippen LogP contribution in [0.4, 0.5) is 0 Å². The predicted octanol–water partition coefficient (Wildman–Crippen LogP) is 2.84. The van der Waals surface area contributed by atoms with Crippen LogP contribution >= 0.6 is 0 Å². The molecule has 2 heteroatoms. The normalized spacial score (nSPS) is 13.7. The quantitative estimate of drug-likeness (QED) is 0.769. The fourth-order valence-corrected chi connectivity index (χ4v) is 1.67. The third-order valence-corrected chi connectivity index (χ3v) is 2.89. The Morgan fingerprint density at radius 2 is 1.76 bits per heavy atom. The van der Waals surface area contributed by atoms with Crippen molar-refractivity contribution >= 4 is 0 Å². The summed E-state index contributed by atoms with van der Waals surface area (Å²) >= 11 is 0. The Balaban J connectivity index is 2.41. The first-order valence-electron chi connectivity index (χ1n) is 6.38. The van der Waals surface area contributed by atoms with Crippen LogP contribution in [0.3, 0.4) is 0 Å². The van der Waals surface area contributed by atoms with Crippen LogP contribution in [0.15, 0.2) is 24.3 Å². The number of hydrogen-bond donors (Lipinski definition) is 2. The van der Waals surface area contributed by atoms with Crippen molar-refractivity contribution in [3.8, 4) is 0 Å². The fourth-order valence-electron chi connectivity index (χ4n) is 1.67. The number of aliphatic hydroxyl groups excluding tert-OH is 1. The van der Waals surface area contributed by atoms with Gasteiger partial charge in [-0.2, -0.15) is 0 Å². The van der Waals surface area contributed by atoms with E-state index in [2.05, 4.69) is 50.4 Å². The van der Waals surface area contributed by atoms with Gasteiger partial charge in [-0.05, 0) is 36.4 Å². The van der Waals surface area contributed by atoms with Crippen molar-refractivity contribution in [2.75, 3.05) is 6.54 Å². The molecule has 2 N–H and O–H groups in total. The van der Waals surface area contributed by atoms with E-state index in [0.717, 1.165) is 19.5 Å². The van der Waals surface area contributed by atoms with Crippen LogP contribution in [0.2, 0.25) is 0 Å². The maximum Gasteiger partial charge on any atom is 0.0524 e. The zero-order valence-corrected chi connectivity index (χ0v) is 11.5. The summed E-state index contributed by atoms with van der Waals surface area (Å²) in [6, 6.07) is 8.75. The Kier molecular flexibility index (Phi) is 5.16. The molecule has 2 nitrogen and oxygen atoms in total. The van der Waals surface area contributed by atoms with Gasteiger partial charge in [-0.3, -0.25) is 0 Å². The van der Waals surface area contributed by atoms with Crippen LogP contribution in [0.25, 0.3) is 0 Å². The second-order valence-corrected chi connectivity index (χ2v) is 5.76. The van der Waals surface area contributed by atoms with Crippen molar-refractivity contribution in [3.05, 3.63) is 35.4 Å². The van der Waals surface area contributed by atoms with E-state index in [-0.39, 0.29) is 11.5 Å². The molecule has 1 atom stereocenters. The second-order valence-electron chi connectivity index (χ2n) is 5.76. The van der Waals surface area contributed by atoms with Gasteiger partial charge in [-0.25, -0.2) is 0 Å². The summed E-state index contributed by atoms with van der Waals surface area (Å²) in [5.74, 6) is 0. The van der Waals surface area contributed by atoms with E-state index in [1.165, 1.54) is 11.1 Å². The summed E-state index contributed by atoms with van der Waals surface area (Å²) in [5, 5.41) is 12.5. The molecule has 0 heterocycles.